The Morgan fingerprint density at radius 3 is 0.747 bits per heavy atom. The highest BCUT2D eigenvalue weighted by molar-refractivity contribution is 5.71. The van der Waals surface area contributed by atoms with Gasteiger partial charge in [-0.05, 0) is 57.8 Å². The van der Waals surface area contributed by atoms with Crippen molar-refractivity contribution < 1.29 is 28.6 Å². The van der Waals surface area contributed by atoms with Gasteiger partial charge in [-0.1, -0.05) is 327 Å². The van der Waals surface area contributed by atoms with E-state index in [-0.39, 0.29) is 31.1 Å². The Bertz CT molecular complexity index is 1250. The third kappa shape index (κ3) is 62.4. The van der Waals surface area contributed by atoms with Gasteiger partial charge in [0.2, 0.25) is 0 Å². The summed E-state index contributed by atoms with van der Waals surface area (Å²) in [4.78, 5) is 38.2. The van der Waals surface area contributed by atoms with Gasteiger partial charge < -0.3 is 14.2 Å². The maximum Gasteiger partial charge on any atom is 0.306 e. The molecule has 0 fully saturated rings. The molecule has 0 heterocycles. The highest BCUT2D eigenvalue weighted by atomic mass is 16.6. The summed E-state index contributed by atoms with van der Waals surface area (Å²) in [7, 11) is 0. The lowest BCUT2D eigenvalue weighted by molar-refractivity contribution is -0.167. The molecule has 0 amide bonds. The van der Waals surface area contributed by atoms with Crippen molar-refractivity contribution in [1.29, 1.82) is 0 Å². The molecule has 0 bridgehead atoms. The lowest BCUT2D eigenvalue weighted by Crippen LogP contribution is -2.30. The minimum absolute atomic E-state index is 0.0652. The summed E-state index contributed by atoms with van der Waals surface area (Å²) < 4.78 is 16.9. The molecule has 0 radical (unpaired) electrons. The molecule has 0 aliphatic heterocycles. The van der Waals surface area contributed by atoms with E-state index in [9.17, 15) is 14.4 Å². The molecule has 0 N–H and O–H groups in total. The van der Waals surface area contributed by atoms with Crippen molar-refractivity contribution in [3.05, 3.63) is 36.5 Å². The minimum Gasteiger partial charge on any atom is -0.462 e. The molecule has 440 valence electrons. The molecule has 0 aliphatic carbocycles. The van der Waals surface area contributed by atoms with Crippen LogP contribution < -0.4 is 0 Å². The van der Waals surface area contributed by atoms with Crippen molar-refractivity contribution in [2.24, 2.45) is 0 Å². The standard InChI is InChI=1S/C69H128O6/c1-4-7-10-13-16-19-22-24-26-27-28-29-30-31-32-33-34-35-36-37-38-39-40-41-43-44-47-50-53-56-59-62-68(71)74-65-66(64-73-67(70)61-58-55-52-49-46-21-18-15-12-9-6-3)75-69(72)63-60-57-54-51-48-45-42-25-23-20-17-14-11-8-5-2/h22,24,27-28,30-31,66H,4-21,23,25-26,29,32-65H2,1-3H3/b24-22-,28-27-,31-30-. The molecule has 0 saturated carbocycles. The highest BCUT2D eigenvalue weighted by Gasteiger charge is 2.19. The van der Waals surface area contributed by atoms with Gasteiger partial charge >= 0.3 is 17.9 Å². The van der Waals surface area contributed by atoms with Crippen LogP contribution in [0.4, 0.5) is 0 Å². The third-order valence-corrected chi connectivity index (χ3v) is 15.1. The first-order valence-corrected chi connectivity index (χ1v) is 33.5. The molecule has 1 atom stereocenters. The summed E-state index contributed by atoms with van der Waals surface area (Å²) in [5.41, 5.74) is 0. The van der Waals surface area contributed by atoms with Crippen molar-refractivity contribution in [2.45, 2.75) is 374 Å². The van der Waals surface area contributed by atoms with Crippen molar-refractivity contribution in [3.8, 4) is 0 Å². The van der Waals surface area contributed by atoms with Crippen molar-refractivity contribution in [2.75, 3.05) is 13.2 Å². The van der Waals surface area contributed by atoms with E-state index in [1.165, 1.54) is 257 Å². The third-order valence-electron chi connectivity index (χ3n) is 15.1. The number of esters is 3. The van der Waals surface area contributed by atoms with Crippen LogP contribution in [-0.2, 0) is 28.6 Å². The number of carbonyl (C=O) groups excluding carboxylic acids is 3. The second-order valence-corrected chi connectivity index (χ2v) is 22.7. The zero-order valence-corrected chi connectivity index (χ0v) is 50.6. The summed E-state index contributed by atoms with van der Waals surface area (Å²) in [6, 6.07) is 0. The molecule has 0 aromatic carbocycles. The van der Waals surface area contributed by atoms with E-state index >= 15 is 0 Å². The van der Waals surface area contributed by atoms with Crippen LogP contribution >= 0.6 is 0 Å². The van der Waals surface area contributed by atoms with Crippen LogP contribution in [0.3, 0.4) is 0 Å². The average molecular weight is 1050 g/mol. The Morgan fingerprint density at radius 1 is 0.267 bits per heavy atom. The Balaban J connectivity index is 4.10. The maximum absolute atomic E-state index is 12.9. The molecular weight excluding hydrogens is 925 g/mol. The lowest BCUT2D eigenvalue weighted by Gasteiger charge is -2.18. The summed E-state index contributed by atoms with van der Waals surface area (Å²) in [5, 5.41) is 0. The van der Waals surface area contributed by atoms with Gasteiger partial charge in [0.25, 0.3) is 0 Å². The van der Waals surface area contributed by atoms with Gasteiger partial charge in [-0.2, -0.15) is 0 Å². The molecular formula is C69H128O6. The fourth-order valence-electron chi connectivity index (χ4n) is 10.1. The summed E-state index contributed by atoms with van der Waals surface area (Å²) >= 11 is 0. The van der Waals surface area contributed by atoms with E-state index in [1.54, 1.807) is 0 Å². The largest absolute Gasteiger partial charge is 0.462 e. The maximum atomic E-state index is 12.9. The first-order chi connectivity index (χ1) is 37.0. The lowest BCUT2D eigenvalue weighted by atomic mass is 10.0. The zero-order valence-electron chi connectivity index (χ0n) is 50.6. The number of ether oxygens (including phenoxy) is 3. The predicted octanol–water partition coefficient (Wildman–Crippen LogP) is 22.8. The van der Waals surface area contributed by atoms with E-state index in [0.29, 0.717) is 19.3 Å². The number of hydrogen-bond acceptors (Lipinski definition) is 6. The van der Waals surface area contributed by atoms with E-state index < -0.39 is 6.10 Å². The number of rotatable bonds is 62. The summed E-state index contributed by atoms with van der Waals surface area (Å²) in [6.45, 7) is 6.68. The zero-order chi connectivity index (χ0) is 54.3. The SMILES string of the molecule is CCCCCCC/C=C\C/C=C\C/C=C\CCCCCCCCCCCCCCCCCCC(=O)OCC(COC(=O)CCCCCCCCCCCCC)OC(=O)CCCCCCCCCCCCCCCCC. The van der Waals surface area contributed by atoms with E-state index in [4.69, 9.17) is 14.2 Å². The van der Waals surface area contributed by atoms with Gasteiger partial charge in [0.05, 0.1) is 0 Å². The Hall–Kier alpha value is -2.37. The molecule has 0 aromatic rings. The molecule has 1 unspecified atom stereocenters. The smallest absolute Gasteiger partial charge is 0.306 e. The number of unbranched alkanes of at least 4 members (excludes halogenated alkanes) is 45. The van der Waals surface area contributed by atoms with E-state index in [0.717, 1.165) is 70.6 Å². The first kappa shape index (κ1) is 72.6. The number of carbonyl (C=O) groups is 3. The van der Waals surface area contributed by atoms with Crippen LogP contribution in [0.5, 0.6) is 0 Å². The predicted molar refractivity (Wildman–Crippen MR) is 326 cm³/mol. The van der Waals surface area contributed by atoms with Crippen LogP contribution in [0, 0.1) is 0 Å². The van der Waals surface area contributed by atoms with Crippen molar-refractivity contribution >= 4 is 17.9 Å². The van der Waals surface area contributed by atoms with Crippen LogP contribution in [0.2, 0.25) is 0 Å². The quantitative estimate of drug-likeness (QED) is 0.0261. The highest BCUT2D eigenvalue weighted by Crippen LogP contribution is 2.18. The fourth-order valence-corrected chi connectivity index (χ4v) is 10.1. The first-order valence-electron chi connectivity index (χ1n) is 33.5. The van der Waals surface area contributed by atoms with Gasteiger partial charge in [-0.15, -0.1) is 0 Å². The van der Waals surface area contributed by atoms with E-state index in [1.807, 2.05) is 0 Å². The molecule has 0 aromatic heterocycles. The number of allylic oxidation sites excluding steroid dienone is 6. The van der Waals surface area contributed by atoms with Crippen LogP contribution in [0.15, 0.2) is 36.5 Å². The average Bonchev–Trinajstić information content (AvgIpc) is 3.41. The normalized spacial score (nSPS) is 12.2. The molecule has 0 rings (SSSR count). The Morgan fingerprint density at radius 2 is 0.480 bits per heavy atom. The molecule has 75 heavy (non-hydrogen) atoms. The Kier molecular flexibility index (Phi) is 62.1. The van der Waals surface area contributed by atoms with Gasteiger partial charge in [-0.25, -0.2) is 0 Å². The van der Waals surface area contributed by atoms with Crippen molar-refractivity contribution in [3.63, 3.8) is 0 Å². The molecule has 0 aliphatic rings. The summed E-state index contributed by atoms with van der Waals surface area (Å²) in [5.74, 6) is -0.840. The van der Waals surface area contributed by atoms with Gasteiger partial charge in [0.1, 0.15) is 13.2 Å². The second kappa shape index (κ2) is 64.2. The van der Waals surface area contributed by atoms with Gasteiger partial charge in [0, 0.05) is 19.3 Å². The van der Waals surface area contributed by atoms with Crippen LogP contribution in [0.25, 0.3) is 0 Å². The fraction of sp³-hybridized carbons (Fsp3) is 0.870. The topological polar surface area (TPSA) is 78.9 Å². The number of hydrogen-bond donors (Lipinski definition) is 0. The summed E-state index contributed by atoms with van der Waals surface area (Å²) in [6.07, 6.45) is 78.8. The van der Waals surface area contributed by atoms with Gasteiger partial charge in [-0.3, -0.25) is 14.4 Å². The van der Waals surface area contributed by atoms with Gasteiger partial charge in [0.15, 0.2) is 6.10 Å². The van der Waals surface area contributed by atoms with Crippen LogP contribution in [0.1, 0.15) is 367 Å². The second-order valence-electron chi connectivity index (χ2n) is 22.7. The Labute approximate surface area is 467 Å². The molecule has 6 nitrogen and oxygen atoms in total. The van der Waals surface area contributed by atoms with Crippen LogP contribution in [-0.4, -0.2) is 37.2 Å². The van der Waals surface area contributed by atoms with Crippen molar-refractivity contribution in [1.82, 2.24) is 0 Å². The molecule has 0 saturated heterocycles. The van der Waals surface area contributed by atoms with E-state index in [2.05, 4.69) is 57.2 Å². The monoisotopic (exact) mass is 1050 g/mol. The molecule has 0 spiro atoms. The molecule has 6 heteroatoms. The minimum atomic E-state index is -0.766.